The van der Waals surface area contributed by atoms with E-state index < -0.39 is 5.72 Å². The van der Waals surface area contributed by atoms with Gasteiger partial charge in [-0.05, 0) is 31.2 Å². The van der Waals surface area contributed by atoms with E-state index in [1.807, 2.05) is 18.2 Å². The molecule has 0 aliphatic carbocycles. The van der Waals surface area contributed by atoms with E-state index in [-0.39, 0.29) is 5.91 Å². The van der Waals surface area contributed by atoms with E-state index in [9.17, 15) is 9.90 Å². The second-order valence-electron chi connectivity index (χ2n) is 5.54. The van der Waals surface area contributed by atoms with E-state index in [0.29, 0.717) is 29.0 Å². The van der Waals surface area contributed by atoms with Crippen LogP contribution >= 0.6 is 0 Å². The number of methoxy groups -OCH3 is 1. The zero-order valence-electron chi connectivity index (χ0n) is 13.1. The van der Waals surface area contributed by atoms with Gasteiger partial charge >= 0.3 is 0 Å². The first-order chi connectivity index (χ1) is 11.0. The number of hydrazone groups is 1. The minimum absolute atomic E-state index is 0.291. The molecule has 1 heterocycles. The smallest absolute Gasteiger partial charge is 0.276 e. The van der Waals surface area contributed by atoms with Crippen molar-refractivity contribution in [3.05, 3.63) is 65.7 Å². The van der Waals surface area contributed by atoms with Gasteiger partial charge in [-0.1, -0.05) is 30.3 Å². The van der Waals surface area contributed by atoms with Crippen LogP contribution in [0, 0.1) is 0 Å². The van der Waals surface area contributed by atoms with E-state index in [0.717, 1.165) is 0 Å². The van der Waals surface area contributed by atoms with Gasteiger partial charge in [0.1, 0.15) is 5.75 Å². The molecule has 1 amide bonds. The predicted octanol–water partition coefficient (Wildman–Crippen LogP) is 2.76. The Kier molecular flexibility index (Phi) is 3.88. The number of ether oxygens (including phenoxy) is 1. The molecule has 1 atom stereocenters. The highest BCUT2D eigenvalue weighted by atomic mass is 16.5. The summed E-state index contributed by atoms with van der Waals surface area (Å²) in [5.74, 6) is 0.317. The topological polar surface area (TPSA) is 62.1 Å². The van der Waals surface area contributed by atoms with Crippen LogP contribution in [0.25, 0.3) is 0 Å². The fourth-order valence-electron chi connectivity index (χ4n) is 2.72. The standard InChI is InChI=1S/C18H18N2O3/c1-13-12-18(22,15-6-4-3-5-7-15)20(19-13)17(21)14-8-10-16(23-2)11-9-14/h3-11,22H,12H2,1-2H3. The minimum Gasteiger partial charge on any atom is -0.497 e. The molecule has 0 fully saturated rings. The molecule has 0 saturated heterocycles. The lowest BCUT2D eigenvalue weighted by atomic mass is 9.97. The van der Waals surface area contributed by atoms with Crippen molar-refractivity contribution >= 4 is 11.6 Å². The molecule has 1 N–H and O–H groups in total. The predicted molar refractivity (Wildman–Crippen MR) is 87.2 cm³/mol. The molecular weight excluding hydrogens is 292 g/mol. The molecule has 3 rings (SSSR count). The van der Waals surface area contributed by atoms with Crippen molar-refractivity contribution in [1.29, 1.82) is 0 Å². The van der Waals surface area contributed by atoms with Gasteiger partial charge in [0.05, 0.1) is 7.11 Å². The fourth-order valence-corrected chi connectivity index (χ4v) is 2.72. The number of rotatable bonds is 3. The summed E-state index contributed by atoms with van der Waals surface area (Å²) in [5, 5.41) is 16.5. The number of amides is 1. The third-order valence-corrected chi connectivity index (χ3v) is 3.89. The van der Waals surface area contributed by atoms with Gasteiger partial charge in [0, 0.05) is 23.3 Å². The van der Waals surface area contributed by atoms with Crippen molar-refractivity contribution < 1.29 is 14.6 Å². The van der Waals surface area contributed by atoms with Gasteiger partial charge in [0.2, 0.25) is 0 Å². The van der Waals surface area contributed by atoms with Gasteiger partial charge in [0.25, 0.3) is 5.91 Å². The number of hydrogen-bond acceptors (Lipinski definition) is 4. The molecule has 0 spiro atoms. The van der Waals surface area contributed by atoms with Crippen molar-refractivity contribution in [2.24, 2.45) is 5.10 Å². The van der Waals surface area contributed by atoms with E-state index in [1.54, 1.807) is 50.4 Å². The van der Waals surface area contributed by atoms with Crippen LogP contribution in [0.15, 0.2) is 59.7 Å². The third-order valence-electron chi connectivity index (χ3n) is 3.89. The average Bonchev–Trinajstić information content (AvgIpc) is 2.91. The molecule has 1 unspecified atom stereocenters. The molecule has 0 bridgehead atoms. The average molecular weight is 310 g/mol. The number of aliphatic hydroxyl groups is 1. The lowest BCUT2D eigenvalue weighted by molar-refractivity contribution is -0.0765. The van der Waals surface area contributed by atoms with Gasteiger partial charge in [0.15, 0.2) is 5.72 Å². The molecule has 2 aromatic carbocycles. The highest BCUT2D eigenvalue weighted by molar-refractivity contribution is 5.98. The zero-order valence-corrected chi connectivity index (χ0v) is 13.1. The highest BCUT2D eigenvalue weighted by Gasteiger charge is 2.45. The SMILES string of the molecule is COc1ccc(C(=O)N2N=C(C)CC2(O)c2ccccc2)cc1. The van der Waals surface area contributed by atoms with Crippen LogP contribution < -0.4 is 4.74 Å². The first-order valence-electron chi connectivity index (χ1n) is 7.35. The molecule has 2 aromatic rings. The quantitative estimate of drug-likeness (QED) is 0.948. The summed E-state index contributed by atoms with van der Waals surface area (Å²) in [4.78, 5) is 12.8. The van der Waals surface area contributed by atoms with Crippen LogP contribution in [0.3, 0.4) is 0 Å². The first-order valence-corrected chi connectivity index (χ1v) is 7.35. The maximum atomic E-state index is 12.8. The summed E-state index contributed by atoms with van der Waals surface area (Å²) in [6, 6.07) is 15.9. The molecule has 5 nitrogen and oxygen atoms in total. The van der Waals surface area contributed by atoms with Gasteiger partial charge in [-0.2, -0.15) is 10.1 Å². The second kappa shape index (κ2) is 5.85. The van der Waals surface area contributed by atoms with E-state index in [2.05, 4.69) is 5.10 Å². The molecule has 0 aromatic heterocycles. The van der Waals surface area contributed by atoms with Gasteiger partial charge in [-0.15, -0.1) is 0 Å². The Morgan fingerprint density at radius 1 is 1.17 bits per heavy atom. The van der Waals surface area contributed by atoms with Crippen molar-refractivity contribution in [2.75, 3.05) is 7.11 Å². The maximum Gasteiger partial charge on any atom is 0.276 e. The Bertz CT molecular complexity index is 741. The van der Waals surface area contributed by atoms with Crippen molar-refractivity contribution in [2.45, 2.75) is 19.1 Å². The molecule has 1 aliphatic heterocycles. The van der Waals surface area contributed by atoms with Crippen molar-refractivity contribution in [3.63, 3.8) is 0 Å². The largest absolute Gasteiger partial charge is 0.497 e. The molecule has 0 saturated carbocycles. The number of carbonyl (C=O) groups excluding carboxylic acids is 1. The number of benzene rings is 2. The van der Waals surface area contributed by atoms with Gasteiger partial charge in [-0.3, -0.25) is 4.79 Å². The van der Waals surface area contributed by atoms with Crippen LogP contribution in [-0.4, -0.2) is 28.8 Å². The zero-order chi connectivity index (χ0) is 16.4. The monoisotopic (exact) mass is 310 g/mol. The van der Waals surface area contributed by atoms with Crippen LogP contribution in [0.5, 0.6) is 5.75 Å². The Morgan fingerprint density at radius 3 is 2.43 bits per heavy atom. The molecule has 1 aliphatic rings. The highest BCUT2D eigenvalue weighted by Crippen LogP contribution is 2.36. The van der Waals surface area contributed by atoms with E-state index in [1.165, 1.54) is 5.01 Å². The first kappa shape index (κ1) is 15.2. The summed E-state index contributed by atoms with van der Waals surface area (Å²) in [5.41, 5.74) is 0.335. The molecule has 118 valence electrons. The maximum absolute atomic E-state index is 12.8. The van der Waals surface area contributed by atoms with Gasteiger partial charge in [-0.25, -0.2) is 0 Å². The normalized spacial score (nSPS) is 20.3. The van der Waals surface area contributed by atoms with Crippen LogP contribution in [0.4, 0.5) is 0 Å². The summed E-state index contributed by atoms with van der Waals surface area (Å²) in [6.45, 7) is 1.80. The Balaban J connectivity index is 1.96. The van der Waals surface area contributed by atoms with Crippen LogP contribution in [0.1, 0.15) is 29.3 Å². The summed E-state index contributed by atoms with van der Waals surface area (Å²) < 4.78 is 5.10. The third kappa shape index (κ3) is 2.71. The lowest BCUT2D eigenvalue weighted by Gasteiger charge is -2.31. The minimum atomic E-state index is -1.46. The lowest BCUT2D eigenvalue weighted by Crippen LogP contribution is -2.43. The van der Waals surface area contributed by atoms with Gasteiger partial charge < -0.3 is 9.84 Å². The summed E-state index contributed by atoms with van der Waals surface area (Å²) in [6.07, 6.45) is 0.291. The fraction of sp³-hybridized carbons (Fsp3) is 0.222. The molecular formula is C18H18N2O3. The Hall–Kier alpha value is -2.66. The Labute approximate surface area is 134 Å². The summed E-state index contributed by atoms with van der Waals surface area (Å²) >= 11 is 0. The Morgan fingerprint density at radius 2 is 1.83 bits per heavy atom. The number of nitrogens with zero attached hydrogens (tertiary/aromatic N) is 2. The molecule has 23 heavy (non-hydrogen) atoms. The number of carbonyl (C=O) groups is 1. The van der Waals surface area contributed by atoms with Crippen LogP contribution in [0.2, 0.25) is 0 Å². The van der Waals surface area contributed by atoms with E-state index >= 15 is 0 Å². The van der Waals surface area contributed by atoms with Crippen molar-refractivity contribution in [3.8, 4) is 5.75 Å². The second-order valence-corrected chi connectivity index (χ2v) is 5.54. The number of hydrogen-bond donors (Lipinski definition) is 1. The summed E-state index contributed by atoms with van der Waals surface area (Å²) in [7, 11) is 1.57. The molecule has 0 radical (unpaired) electrons. The van der Waals surface area contributed by atoms with Crippen molar-refractivity contribution in [1.82, 2.24) is 5.01 Å². The van der Waals surface area contributed by atoms with Crippen LogP contribution in [-0.2, 0) is 5.72 Å². The van der Waals surface area contributed by atoms with E-state index in [4.69, 9.17) is 4.74 Å². The molecule has 5 heteroatoms.